The van der Waals surface area contributed by atoms with Crippen LogP contribution in [-0.4, -0.2) is 44.2 Å². The number of phenols is 1. The Balaban J connectivity index is 1.53. The molecule has 0 saturated heterocycles. The van der Waals surface area contributed by atoms with Gasteiger partial charge >= 0.3 is 5.69 Å². The third kappa shape index (κ3) is 7.21. The maximum Gasteiger partial charge on any atom is 0.354 e. The number of H-pyrrole nitrogens is 1. The number of phenolic OH excluding ortho intramolecular Hbond substituents is 1. The molecule has 2 heterocycles. The summed E-state index contributed by atoms with van der Waals surface area (Å²) in [5.74, 6) is -1.09. The number of benzene rings is 2. The van der Waals surface area contributed by atoms with Crippen LogP contribution >= 0.6 is 0 Å². The van der Waals surface area contributed by atoms with Gasteiger partial charge in [0.15, 0.2) is 17.5 Å². The zero-order valence-electron chi connectivity index (χ0n) is 22.2. The summed E-state index contributed by atoms with van der Waals surface area (Å²) in [6.07, 6.45) is 3.73. The molecule has 206 valence electrons. The topological polar surface area (TPSA) is 173 Å². The van der Waals surface area contributed by atoms with E-state index in [0.717, 1.165) is 24.1 Å². The average molecular weight is 535 g/mol. The quantitative estimate of drug-likeness (QED) is 0.0974. The highest BCUT2D eigenvalue weighted by Crippen LogP contribution is 2.32. The molecule has 0 aliphatic carbocycles. The van der Waals surface area contributed by atoms with Gasteiger partial charge in [-0.1, -0.05) is 12.1 Å². The molecule has 0 atom stereocenters. The largest absolute Gasteiger partial charge is 0.505 e. The van der Waals surface area contributed by atoms with E-state index in [1.54, 1.807) is 18.3 Å². The van der Waals surface area contributed by atoms with Crippen LogP contribution in [0.5, 0.6) is 5.75 Å². The lowest BCUT2D eigenvalue weighted by atomic mass is 9.95. The highest BCUT2D eigenvalue weighted by molar-refractivity contribution is 5.83. The monoisotopic (exact) mass is 534 g/mol. The van der Waals surface area contributed by atoms with Gasteiger partial charge in [0, 0.05) is 35.8 Å². The van der Waals surface area contributed by atoms with Crippen molar-refractivity contribution >= 4 is 17.0 Å². The predicted molar refractivity (Wildman–Crippen MR) is 152 cm³/mol. The molecule has 0 saturated carbocycles. The molecule has 0 amide bonds. The zero-order valence-corrected chi connectivity index (χ0v) is 22.2. The van der Waals surface area contributed by atoms with E-state index in [2.05, 4.69) is 20.3 Å². The molecule has 0 aliphatic heterocycles. The number of aromatic hydroxyl groups is 1. The van der Waals surface area contributed by atoms with Crippen molar-refractivity contribution in [3.8, 4) is 22.7 Å². The maximum atomic E-state index is 14.9. The van der Waals surface area contributed by atoms with Crippen molar-refractivity contribution in [3.05, 3.63) is 76.1 Å². The van der Waals surface area contributed by atoms with Gasteiger partial charge in [0.2, 0.25) is 0 Å². The van der Waals surface area contributed by atoms with Gasteiger partial charge < -0.3 is 32.6 Å². The second kappa shape index (κ2) is 11.7. The summed E-state index contributed by atoms with van der Waals surface area (Å²) in [6, 6.07) is 12.4. The van der Waals surface area contributed by atoms with Crippen molar-refractivity contribution in [2.24, 2.45) is 22.2 Å². The minimum atomic E-state index is -0.743. The van der Waals surface area contributed by atoms with Gasteiger partial charge in [0.05, 0.1) is 11.4 Å². The molecule has 0 fully saturated rings. The Morgan fingerprint density at radius 3 is 2.62 bits per heavy atom. The summed E-state index contributed by atoms with van der Waals surface area (Å²) >= 11 is 0. The third-order valence-electron chi connectivity index (χ3n) is 6.32. The molecule has 4 rings (SSSR count). The van der Waals surface area contributed by atoms with E-state index in [0.29, 0.717) is 48.3 Å². The van der Waals surface area contributed by atoms with Gasteiger partial charge in [-0.05, 0) is 81.1 Å². The number of halogens is 1. The van der Waals surface area contributed by atoms with Crippen LogP contribution in [0.3, 0.4) is 0 Å². The van der Waals surface area contributed by atoms with Crippen LogP contribution in [0.2, 0.25) is 0 Å². The van der Waals surface area contributed by atoms with E-state index >= 15 is 0 Å². The number of rotatable bonds is 11. The molecule has 0 bridgehead atoms. The number of hydrogen-bond donors (Lipinski definition) is 6. The number of aliphatic imine (C=N–C) groups is 1. The highest BCUT2D eigenvalue weighted by atomic mass is 19.1. The Bertz CT molecular complexity index is 1530. The van der Waals surface area contributed by atoms with Crippen molar-refractivity contribution in [1.82, 2.24) is 19.9 Å². The molecule has 9 N–H and O–H groups in total. The van der Waals surface area contributed by atoms with Crippen molar-refractivity contribution in [3.63, 3.8) is 0 Å². The minimum Gasteiger partial charge on any atom is -0.505 e. The number of aromatic amines is 1. The van der Waals surface area contributed by atoms with Crippen molar-refractivity contribution in [2.45, 2.75) is 45.2 Å². The van der Waals surface area contributed by atoms with Crippen LogP contribution in [0.25, 0.3) is 28.0 Å². The molecule has 0 unspecified atom stereocenters. The minimum absolute atomic E-state index is 0.0903. The summed E-state index contributed by atoms with van der Waals surface area (Å²) < 4.78 is 16.4. The van der Waals surface area contributed by atoms with Crippen LogP contribution in [0.4, 0.5) is 4.39 Å². The summed E-state index contributed by atoms with van der Waals surface area (Å²) in [6.45, 7) is 5.83. The highest BCUT2D eigenvalue weighted by Gasteiger charge is 2.17. The van der Waals surface area contributed by atoms with E-state index < -0.39 is 22.8 Å². The number of aromatic nitrogens is 3. The lowest BCUT2D eigenvalue weighted by Crippen LogP contribution is -2.32. The number of aryl methyl sites for hydroxylation is 1. The lowest BCUT2D eigenvalue weighted by molar-refractivity contribution is 0.431. The Morgan fingerprint density at radius 2 is 1.92 bits per heavy atom. The van der Waals surface area contributed by atoms with Gasteiger partial charge in [0.25, 0.3) is 0 Å². The van der Waals surface area contributed by atoms with Crippen LogP contribution in [-0.2, 0) is 13.0 Å². The molecule has 0 aliphatic rings. The van der Waals surface area contributed by atoms with Crippen molar-refractivity contribution in [2.75, 3.05) is 13.1 Å². The molecule has 2 aromatic carbocycles. The Hall–Kier alpha value is -4.22. The summed E-state index contributed by atoms with van der Waals surface area (Å²) in [5.41, 5.74) is 19.3. The first-order valence-electron chi connectivity index (χ1n) is 12.8. The molecule has 4 aromatic rings. The number of nitrogens with zero attached hydrogens (tertiary/aromatic N) is 3. The van der Waals surface area contributed by atoms with Crippen LogP contribution < -0.4 is 28.2 Å². The molecular formula is C28H35FN8O2. The number of nitrogens with two attached hydrogens (primary N) is 3. The van der Waals surface area contributed by atoms with Gasteiger partial charge in [-0.3, -0.25) is 9.56 Å². The van der Waals surface area contributed by atoms with Crippen LogP contribution in [0.15, 0.2) is 58.4 Å². The second-order valence-electron chi connectivity index (χ2n) is 10.3. The van der Waals surface area contributed by atoms with E-state index in [1.165, 1.54) is 10.6 Å². The zero-order chi connectivity index (χ0) is 28.2. The third-order valence-corrected chi connectivity index (χ3v) is 6.32. The standard InChI is InChI=1S/C28H35FN8O2/c1-28(2,32)9-8-18-12-21(24(29)23(38)13-18)22-14-19-16-37(27(39)36-25(19)35-22)20-6-4-17(5-7-20)15-33-10-3-11-34-26(30)31/h4-7,12-14,16,33,38H,3,8-11,15,32H2,1-2H3,(H4,30,31,34)(H,35,36,39). The lowest BCUT2D eigenvalue weighted by Gasteiger charge is -2.18. The summed E-state index contributed by atoms with van der Waals surface area (Å²) in [7, 11) is 0. The fourth-order valence-corrected chi connectivity index (χ4v) is 4.22. The fraction of sp³-hybridized carbons (Fsp3) is 0.321. The Kier molecular flexibility index (Phi) is 8.32. The Morgan fingerprint density at radius 1 is 1.18 bits per heavy atom. The van der Waals surface area contributed by atoms with E-state index in [-0.39, 0.29) is 11.5 Å². The molecule has 39 heavy (non-hydrogen) atoms. The van der Waals surface area contributed by atoms with Gasteiger partial charge in [-0.25, -0.2) is 9.18 Å². The molecule has 11 heteroatoms. The smallest absolute Gasteiger partial charge is 0.354 e. The van der Waals surface area contributed by atoms with Crippen LogP contribution in [0, 0.1) is 5.82 Å². The van der Waals surface area contributed by atoms with Crippen molar-refractivity contribution < 1.29 is 9.50 Å². The first-order valence-corrected chi connectivity index (χ1v) is 12.8. The van der Waals surface area contributed by atoms with Gasteiger partial charge in [0.1, 0.15) is 5.65 Å². The SMILES string of the molecule is CC(C)(N)CCc1cc(O)c(F)c(-c2cc3cn(-c4ccc(CNCCCN=C(N)N)cc4)c(=O)nc3[nH]2)c1. The average Bonchev–Trinajstić information content (AvgIpc) is 3.28. The molecule has 2 aromatic heterocycles. The first kappa shape index (κ1) is 27.8. The first-order chi connectivity index (χ1) is 18.5. The molecular weight excluding hydrogens is 499 g/mol. The normalized spacial score (nSPS) is 11.7. The van der Waals surface area contributed by atoms with Crippen LogP contribution in [0.1, 0.15) is 37.8 Å². The number of fused-ring (bicyclic) bond motifs is 1. The summed E-state index contributed by atoms with van der Waals surface area (Å²) in [5, 5.41) is 14.2. The number of nitrogens with one attached hydrogen (secondary N) is 2. The number of hydrogen-bond acceptors (Lipinski definition) is 6. The molecule has 0 radical (unpaired) electrons. The predicted octanol–water partition coefficient (Wildman–Crippen LogP) is 2.65. The molecule has 10 nitrogen and oxygen atoms in total. The van der Waals surface area contributed by atoms with E-state index in [4.69, 9.17) is 17.2 Å². The second-order valence-corrected chi connectivity index (χ2v) is 10.3. The van der Waals surface area contributed by atoms with E-state index in [9.17, 15) is 14.3 Å². The van der Waals surface area contributed by atoms with Crippen molar-refractivity contribution in [1.29, 1.82) is 0 Å². The Labute approximate surface area is 225 Å². The van der Waals surface area contributed by atoms with Gasteiger partial charge in [-0.2, -0.15) is 4.98 Å². The number of guanidine groups is 1. The van der Waals surface area contributed by atoms with Gasteiger partial charge in [-0.15, -0.1) is 0 Å². The fourth-order valence-electron chi connectivity index (χ4n) is 4.22. The summed E-state index contributed by atoms with van der Waals surface area (Å²) in [4.78, 5) is 23.9. The van der Waals surface area contributed by atoms with E-state index in [1.807, 2.05) is 38.1 Å². The maximum absolute atomic E-state index is 14.9. The molecule has 0 spiro atoms.